The highest BCUT2D eigenvalue weighted by Crippen LogP contribution is 2.39. The summed E-state index contributed by atoms with van der Waals surface area (Å²) in [5.41, 5.74) is 1.91. The van der Waals surface area contributed by atoms with Crippen LogP contribution in [-0.2, 0) is 0 Å². The first kappa shape index (κ1) is 26.7. The summed E-state index contributed by atoms with van der Waals surface area (Å²) in [5, 5.41) is 13.5. The number of hydrogen-bond acceptors (Lipinski definition) is 4. The van der Waals surface area contributed by atoms with Gasteiger partial charge in [0.05, 0.1) is 31.2 Å². The van der Waals surface area contributed by atoms with Crippen molar-refractivity contribution in [3.8, 4) is 28.4 Å². The minimum Gasteiger partial charge on any atom is -0.496 e. The molecule has 0 aliphatic heterocycles. The number of carbonyl (C=O) groups is 1. The quantitative estimate of drug-likeness (QED) is 0.528. The Morgan fingerprint density at radius 3 is 1.77 bits per heavy atom. The Hall–Kier alpha value is -3.28. The molecular weight excluding hydrogens is 380 g/mol. The van der Waals surface area contributed by atoms with Crippen molar-refractivity contribution in [2.45, 2.75) is 41.5 Å². The van der Waals surface area contributed by atoms with Crippen molar-refractivity contribution in [1.29, 1.82) is 0 Å². The van der Waals surface area contributed by atoms with Crippen molar-refractivity contribution >= 4 is 5.97 Å². The smallest absolute Gasteiger partial charge is 0.356 e. The third-order valence-corrected chi connectivity index (χ3v) is 3.61. The number of aromatic carboxylic acids is 1. The summed E-state index contributed by atoms with van der Waals surface area (Å²) in [6.45, 7) is 12.0. The summed E-state index contributed by atoms with van der Waals surface area (Å²) in [6.07, 6.45) is 0. The van der Waals surface area contributed by atoms with E-state index in [-0.39, 0.29) is 5.69 Å². The zero-order valence-corrected chi connectivity index (χ0v) is 19.3. The first-order valence-corrected chi connectivity index (χ1v) is 10.3. The van der Waals surface area contributed by atoms with Crippen LogP contribution in [0.3, 0.4) is 0 Å². The number of hydrogen-bond donors (Lipinski definition) is 1. The Bertz CT molecular complexity index is 852. The molecule has 3 aromatic rings. The molecule has 6 heteroatoms. The summed E-state index contributed by atoms with van der Waals surface area (Å²) in [6, 6.07) is 16.2. The van der Waals surface area contributed by atoms with Gasteiger partial charge in [-0.25, -0.2) is 9.48 Å². The number of ether oxygens (including phenoxy) is 2. The fraction of sp³-hybridized carbons (Fsp3) is 0.333. The second kappa shape index (κ2) is 14.7. The average molecular weight is 415 g/mol. The van der Waals surface area contributed by atoms with E-state index >= 15 is 0 Å². The molecular formula is C24H34N2O4. The van der Waals surface area contributed by atoms with Gasteiger partial charge in [-0.05, 0) is 30.3 Å². The Balaban J connectivity index is 0.00000129. The van der Waals surface area contributed by atoms with E-state index in [1.54, 1.807) is 31.0 Å². The van der Waals surface area contributed by atoms with Gasteiger partial charge in [-0.1, -0.05) is 65.8 Å². The summed E-state index contributed by atoms with van der Waals surface area (Å²) >= 11 is 0. The van der Waals surface area contributed by atoms with E-state index < -0.39 is 5.97 Å². The van der Waals surface area contributed by atoms with Crippen LogP contribution in [0.4, 0.5) is 0 Å². The van der Waals surface area contributed by atoms with Crippen LogP contribution in [0.25, 0.3) is 16.9 Å². The first-order chi connectivity index (χ1) is 14.7. The van der Waals surface area contributed by atoms with Crippen LogP contribution in [0.1, 0.15) is 52.0 Å². The molecule has 0 spiro atoms. The molecule has 0 amide bonds. The van der Waals surface area contributed by atoms with Gasteiger partial charge in [-0.2, -0.15) is 5.10 Å². The third kappa shape index (κ3) is 6.37. The molecule has 0 radical (unpaired) electrons. The maximum atomic E-state index is 11.4. The van der Waals surface area contributed by atoms with Gasteiger partial charge in [0.25, 0.3) is 0 Å². The second-order valence-corrected chi connectivity index (χ2v) is 5.00. The van der Waals surface area contributed by atoms with Crippen molar-refractivity contribution in [3.63, 3.8) is 0 Å². The highest BCUT2D eigenvalue weighted by atomic mass is 16.5. The van der Waals surface area contributed by atoms with Crippen LogP contribution in [0.15, 0.2) is 54.6 Å². The second-order valence-electron chi connectivity index (χ2n) is 5.00. The molecule has 2 aromatic carbocycles. The lowest BCUT2D eigenvalue weighted by Crippen LogP contribution is -2.03. The van der Waals surface area contributed by atoms with Crippen LogP contribution in [-0.4, -0.2) is 35.1 Å². The van der Waals surface area contributed by atoms with Crippen molar-refractivity contribution in [3.05, 3.63) is 60.3 Å². The largest absolute Gasteiger partial charge is 0.496 e. The molecule has 0 aliphatic carbocycles. The number of para-hydroxylation sites is 1. The maximum Gasteiger partial charge on any atom is 0.356 e. The molecule has 164 valence electrons. The molecule has 0 fully saturated rings. The van der Waals surface area contributed by atoms with E-state index in [0.29, 0.717) is 22.8 Å². The van der Waals surface area contributed by atoms with Crippen molar-refractivity contribution in [2.75, 3.05) is 14.2 Å². The number of carboxylic acids is 1. The van der Waals surface area contributed by atoms with E-state index in [1.165, 1.54) is 6.07 Å². The van der Waals surface area contributed by atoms with Gasteiger partial charge in [0.15, 0.2) is 5.69 Å². The molecule has 0 unspecified atom stereocenters. The van der Waals surface area contributed by atoms with Gasteiger partial charge >= 0.3 is 5.97 Å². The number of aromatic nitrogens is 2. The molecule has 1 N–H and O–H groups in total. The lowest BCUT2D eigenvalue weighted by molar-refractivity contribution is 0.0690. The predicted molar refractivity (Wildman–Crippen MR) is 123 cm³/mol. The van der Waals surface area contributed by atoms with Gasteiger partial charge in [-0.15, -0.1) is 0 Å². The van der Waals surface area contributed by atoms with E-state index in [9.17, 15) is 9.90 Å². The van der Waals surface area contributed by atoms with Crippen LogP contribution in [0, 0.1) is 0 Å². The topological polar surface area (TPSA) is 73.6 Å². The Morgan fingerprint density at radius 2 is 1.33 bits per heavy atom. The van der Waals surface area contributed by atoms with Gasteiger partial charge in [0.1, 0.15) is 11.5 Å². The van der Waals surface area contributed by atoms with E-state index in [2.05, 4.69) is 5.10 Å². The molecule has 0 bridgehead atoms. The van der Waals surface area contributed by atoms with Crippen LogP contribution in [0.5, 0.6) is 11.5 Å². The SMILES string of the molecule is CC.CC.CC.COc1cccc(OC)c1-c1cc(C(=O)O)nn1-c1ccccc1. The number of methoxy groups -OCH3 is 2. The van der Waals surface area contributed by atoms with E-state index in [1.807, 2.05) is 77.9 Å². The van der Waals surface area contributed by atoms with E-state index in [0.717, 1.165) is 5.69 Å². The zero-order chi connectivity index (χ0) is 23.1. The number of benzene rings is 2. The van der Waals surface area contributed by atoms with Crippen molar-refractivity contribution in [2.24, 2.45) is 0 Å². The minimum absolute atomic E-state index is 0.0539. The summed E-state index contributed by atoms with van der Waals surface area (Å²) < 4.78 is 12.4. The number of rotatable bonds is 5. The van der Waals surface area contributed by atoms with Gasteiger partial charge in [0.2, 0.25) is 0 Å². The highest BCUT2D eigenvalue weighted by molar-refractivity contribution is 5.88. The maximum absolute atomic E-state index is 11.4. The Labute approximate surface area is 180 Å². The standard InChI is InChI=1S/C18H16N2O4.3C2H6/c1-23-15-9-6-10-16(24-2)17(15)14-11-13(18(21)22)19-20(14)12-7-4-3-5-8-12;3*1-2/h3-11H,1-2H3,(H,21,22);3*1-2H3. The number of carboxylic acid groups (broad SMARTS) is 1. The van der Waals surface area contributed by atoms with Crippen LogP contribution in [0.2, 0.25) is 0 Å². The van der Waals surface area contributed by atoms with Crippen molar-refractivity contribution in [1.82, 2.24) is 9.78 Å². The molecule has 6 nitrogen and oxygen atoms in total. The van der Waals surface area contributed by atoms with Crippen LogP contribution < -0.4 is 9.47 Å². The van der Waals surface area contributed by atoms with Gasteiger partial charge < -0.3 is 14.6 Å². The fourth-order valence-electron chi connectivity index (χ4n) is 2.53. The fourth-order valence-corrected chi connectivity index (χ4v) is 2.53. The molecule has 0 aliphatic rings. The third-order valence-electron chi connectivity index (χ3n) is 3.61. The Kier molecular flexibility index (Phi) is 13.1. The lowest BCUT2D eigenvalue weighted by Gasteiger charge is -2.14. The van der Waals surface area contributed by atoms with E-state index in [4.69, 9.17) is 9.47 Å². The van der Waals surface area contributed by atoms with Crippen LogP contribution >= 0.6 is 0 Å². The molecule has 1 aromatic heterocycles. The molecule has 0 atom stereocenters. The lowest BCUT2D eigenvalue weighted by atomic mass is 10.1. The molecule has 1 heterocycles. The summed E-state index contributed by atoms with van der Waals surface area (Å²) in [4.78, 5) is 11.4. The summed E-state index contributed by atoms with van der Waals surface area (Å²) in [7, 11) is 3.11. The highest BCUT2D eigenvalue weighted by Gasteiger charge is 2.21. The minimum atomic E-state index is -1.10. The van der Waals surface area contributed by atoms with Crippen molar-refractivity contribution < 1.29 is 19.4 Å². The monoisotopic (exact) mass is 414 g/mol. The molecule has 30 heavy (non-hydrogen) atoms. The zero-order valence-electron chi connectivity index (χ0n) is 19.3. The molecule has 0 saturated heterocycles. The molecule has 3 rings (SSSR count). The molecule has 0 saturated carbocycles. The Morgan fingerprint density at radius 1 is 0.833 bits per heavy atom. The normalized spacial score (nSPS) is 8.93. The van der Waals surface area contributed by atoms with Gasteiger partial charge in [0, 0.05) is 0 Å². The average Bonchev–Trinajstić information content (AvgIpc) is 3.28. The van der Waals surface area contributed by atoms with Gasteiger partial charge in [-0.3, -0.25) is 0 Å². The first-order valence-electron chi connectivity index (χ1n) is 10.3. The number of nitrogens with zero attached hydrogens (tertiary/aromatic N) is 2. The predicted octanol–water partition coefficient (Wildman–Crippen LogP) is 6.33. The summed E-state index contributed by atoms with van der Waals surface area (Å²) in [5.74, 6) is 0.0477.